The maximum absolute atomic E-state index is 12.1. The molecule has 0 fully saturated rings. The Balaban J connectivity index is 1.59. The van der Waals surface area contributed by atoms with Gasteiger partial charge in [-0.3, -0.25) is 9.20 Å². The molecule has 0 atom stereocenters. The van der Waals surface area contributed by atoms with Crippen molar-refractivity contribution in [1.29, 1.82) is 0 Å². The van der Waals surface area contributed by atoms with E-state index in [0.29, 0.717) is 17.1 Å². The van der Waals surface area contributed by atoms with Crippen LogP contribution in [0.5, 0.6) is 11.5 Å². The van der Waals surface area contributed by atoms with Crippen LogP contribution in [0.25, 0.3) is 11.7 Å². The number of pyridine rings is 1. The second-order valence-electron chi connectivity index (χ2n) is 5.70. The molecule has 1 aromatic carbocycles. The average molecular weight is 368 g/mol. The first-order valence-electron chi connectivity index (χ1n) is 8.34. The number of rotatable bonds is 7. The first-order valence-corrected chi connectivity index (χ1v) is 8.34. The van der Waals surface area contributed by atoms with E-state index in [2.05, 4.69) is 10.4 Å². The number of nitrogens with one attached hydrogen (secondary N) is 1. The minimum atomic E-state index is -0.270. The summed E-state index contributed by atoms with van der Waals surface area (Å²) in [6, 6.07) is 10.7. The highest BCUT2D eigenvalue weighted by molar-refractivity contribution is 5.91. The molecule has 0 aliphatic heterocycles. The summed E-state index contributed by atoms with van der Waals surface area (Å²) in [5.41, 5.74) is 1.11. The molecule has 0 spiro atoms. The smallest absolute Gasteiger partial charge is 0.350 e. The van der Waals surface area contributed by atoms with Crippen molar-refractivity contribution in [2.75, 3.05) is 20.8 Å². The summed E-state index contributed by atoms with van der Waals surface area (Å²) < 4.78 is 13.2. The highest BCUT2D eigenvalue weighted by atomic mass is 16.5. The number of fused-ring (bicyclic) bond motifs is 1. The van der Waals surface area contributed by atoms with Gasteiger partial charge in [0.15, 0.2) is 5.65 Å². The van der Waals surface area contributed by atoms with Crippen LogP contribution in [0.15, 0.2) is 53.5 Å². The van der Waals surface area contributed by atoms with Crippen molar-refractivity contribution in [1.82, 2.24) is 19.5 Å². The molecule has 3 aromatic rings. The fraction of sp³-hybridized carbons (Fsp3) is 0.211. The lowest BCUT2D eigenvalue weighted by Crippen LogP contribution is -2.30. The lowest BCUT2D eigenvalue weighted by atomic mass is 10.2. The molecular formula is C19H20N4O4. The number of benzene rings is 1. The third kappa shape index (κ3) is 4.35. The number of ether oxygens (including phenoxy) is 2. The molecule has 0 unspecified atom stereocenters. The molecule has 2 heterocycles. The van der Waals surface area contributed by atoms with E-state index >= 15 is 0 Å². The highest BCUT2D eigenvalue weighted by Gasteiger charge is 2.06. The van der Waals surface area contributed by atoms with E-state index in [1.807, 2.05) is 6.07 Å². The van der Waals surface area contributed by atoms with E-state index < -0.39 is 0 Å². The second kappa shape index (κ2) is 8.22. The zero-order chi connectivity index (χ0) is 19.2. The van der Waals surface area contributed by atoms with E-state index in [1.165, 1.54) is 15.2 Å². The molecule has 8 heteroatoms. The van der Waals surface area contributed by atoms with Crippen molar-refractivity contribution < 1.29 is 14.3 Å². The molecule has 1 amide bonds. The van der Waals surface area contributed by atoms with Gasteiger partial charge in [-0.2, -0.15) is 0 Å². The van der Waals surface area contributed by atoms with Gasteiger partial charge in [-0.05, 0) is 35.9 Å². The van der Waals surface area contributed by atoms with Gasteiger partial charge in [0, 0.05) is 24.9 Å². The molecule has 0 bridgehead atoms. The molecule has 0 saturated carbocycles. The first kappa shape index (κ1) is 18.2. The molecule has 0 aliphatic rings. The van der Waals surface area contributed by atoms with Crippen LogP contribution >= 0.6 is 0 Å². The van der Waals surface area contributed by atoms with Crippen molar-refractivity contribution in [2.45, 2.75) is 6.54 Å². The zero-order valence-corrected chi connectivity index (χ0v) is 15.1. The Morgan fingerprint density at radius 2 is 1.93 bits per heavy atom. The molecule has 0 aliphatic carbocycles. The fourth-order valence-corrected chi connectivity index (χ4v) is 2.56. The van der Waals surface area contributed by atoms with E-state index in [1.54, 1.807) is 56.8 Å². The number of nitrogens with zero attached hydrogens (tertiary/aromatic N) is 3. The van der Waals surface area contributed by atoms with Crippen molar-refractivity contribution in [3.63, 3.8) is 0 Å². The van der Waals surface area contributed by atoms with E-state index in [4.69, 9.17) is 9.47 Å². The minimum absolute atomic E-state index is 0.237. The maximum Gasteiger partial charge on any atom is 0.350 e. The van der Waals surface area contributed by atoms with Crippen LogP contribution in [-0.4, -0.2) is 40.9 Å². The van der Waals surface area contributed by atoms with Gasteiger partial charge in [0.1, 0.15) is 11.5 Å². The van der Waals surface area contributed by atoms with Crippen LogP contribution in [-0.2, 0) is 11.3 Å². The molecule has 3 rings (SSSR count). The number of amides is 1. The normalized spacial score (nSPS) is 11.0. The second-order valence-corrected chi connectivity index (χ2v) is 5.70. The van der Waals surface area contributed by atoms with Crippen LogP contribution in [0, 0.1) is 0 Å². The molecular weight excluding hydrogens is 348 g/mol. The number of hydrogen-bond donors (Lipinski definition) is 1. The summed E-state index contributed by atoms with van der Waals surface area (Å²) in [6.45, 7) is 0.571. The van der Waals surface area contributed by atoms with Gasteiger partial charge in [0.25, 0.3) is 0 Å². The van der Waals surface area contributed by atoms with Crippen LogP contribution in [0.2, 0.25) is 0 Å². The largest absolute Gasteiger partial charge is 0.497 e. The van der Waals surface area contributed by atoms with Gasteiger partial charge in [-0.1, -0.05) is 6.07 Å². The average Bonchev–Trinajstić information content (AvgIpc) is 3.02. The monoisotopic (exact) mass is 368 g/mol. The van der Waals surface area contributed by atoms with Crippen LogP contribution in [0.4, 0.5) is 0 Å². The molecule has 8 nitrogen and oxygen atoms in total. The Bertz CT molecular complexity index is 1010. The summed E-state index contributed by atoms with van der Waals surface area (Å²) in [4.78, 5) is 24.1. The standard InChI is InChI=1S/C19H20N4O4/c1-26-15-11-14(12-16(13-15)27-2)6-7-18(24)20-8-10-23-19(25)22-9-4-3-5-17(22)21-23/h3-7,9,11-13H,8,10H2,1-2H3,(H,20,24)/b7-6+. The van der Waals surface area contributed by atoms with Crippen molar-refractivity contribution in [3.8, 4) is 11.5 Å². The summed E-state index contributed by atoms with van der Waals surface area (Å²) in [5, 5.41) is 6.94. The van der Waals surface area contributed by atoms with Crippen LogP contribution in [0.3, 0.4) is 0 Å². The Morgan fingerprint density at radius 1 is 1.19 bits per heavy atom. The molecule has 27 heavy (non-hydrogen) atoms. The summed E-state index contributed by atoms with van der Waals surface area (Å²) >= 11 is 0. The van der Waals surface area contributed by atoms with Crippen molar-refractivity contribution in [2.24, 2.45) is 0 Å². The maximum atomic E-state index is 12.1. The van der Waals surface area contributed by atoms with Crippen LogP contribution < -0.4 is 20.5 Å². The number of carbonyl (C=O) groups is 1. The number of aromatic nitrogens is 3. The predicted molar refractivity (Wildman–Crippen MR) is 101 cm³/mol. The topological polar surface area (TPSA) is 86.9 Å². The number of methoxy groups -OCH3 is 2. The van der Waals surface area contributed by atoms with Gasteiger partial charge in [0.2, 0.25) is 5.91 Å². The SMILES string of the molecule is COc1cc(/C=C/C(=O)NCCn2nc3ccccn3c2=O)cc(OC)c1. The molecule has 0 radical (unpaired) electrons. The van der Waals surface area contributed by atoms with Gasteiger partial charge >= 0.3 is 5.69 Å². The Morgan fingerprint density at radius 3 is 2.59 bits per heavy atom. The fourth-order valence-electron chi connectivity index (χ4n) is 2.56. The van der Waals surface area contributed by atoms with Gasteiger partial charge in [-0.15, -0.1) is 5.10 Å². The summed E-state index contributed by atoms with van der Waals surface area (Å²) in [6.07, 6.45) is 4.74. The Kier molecular flexibility index (Phi) is 5.55. The molecule has 0 saturated heterocycles. The van der Waals surface area contributed by atoms with Crippen molar-refractivity contribution in [3.05, 3.63) is 64.7 Å². The van der Waals surface area contributed by atoms with Crippen LogP contribution in [0.1, 0.15) is 5.56 Å². The van der Waals surface area contributed by atoms with E-state index in [9.17, 15) is 9.59 Å². The van der Waals surface area contributed by atoms with Gasteiger partial charge in [0.05, 0.1) is 20.8 Å². The molecule has 2 aromatic heterocycles. The van der Waals surface area contributed by atoms with Crippen molar-refractivity contribution >= 4 is 17.6 Å². The summed E-state index contributed by atoms with van der Waals surface area (Å²) in [5.74, 6) is 1.01. The Labute approximate surface area is 155 Å². The number of carbonyl (C=O) groups excluding carboxylic acids is 1. The van der Waals surface area contributed by atoms with Gasteiger partial charge in [-0.25, -0.2) is 9.48 Å². The van der Waals surface area contributed by atoms with E-state index in [0.717, 1.165) is 5.56 Å². The number of hydrogen-bond acceptors (Lipinski definition) is 5. The zero-order valence-electron chi connectivity index (χ0n) is 15.1. The lowest BCUT2D eigenvalue weighted by molar-refractivity contribution is -0.116. The predicted octanol–water partition coefficient (Wildman–Crippen LogP) is 1.34. The molecule has 1 N–H and O–H groups in total. The minimum Gasteiger partial charge on any atom is -0.497 e. The van der Waals surface area contributed by atoms with Gasteiger partial charge < -0.3 is 14.8 Å². The molecule has 140 valence electrons. The highest BCUT2D eigenvalue weighted by Crippen LogP contribution is 2.23. The quantitative estimate of drug-likeness (QED) is 0.636. The third-order valence-electron chi connectivity index (χ3n) is 3.91. The third-order valence-corrected chi connectivity index (χ3v) is 3.91. The van der Waals surface area contributed by atoms with E-state index in [-0.39, 0.29) is 24.7 Å². The lowest BCUT2D eigenvalue weighted by Gasteiger charge is -2.06. The summed E-state index contributed by atoms with van der Waals surface area (Å²) in [7, 11) is 3.13. The first-order chi connectivity index (χ1) is 13.1. The Hall–Kier alpha value is -3.55.